The van der Waals surface area contributed by atoms with Crippen LogP contribution in [0.25, 0.3) is 0 Å². The number of anilines is 1. The lowest BCUT2D eigenvalue weighted by molar-refractivity contribution is -0.116. The van der Waals surface area contributed by atoms with Crippen molar-refractivity contribution in [3.05, 3.63) is 30.1 Å². The number of nitrogens with one attached hydrogen (secondary N) is 1. The van der Waals surface area contributed by atoms with E-state index >= 15 is 0 Å². The summed E-state index contributed by atoms with van der Waals surface area (Å²) in [5.74, 6) is -0.662. The summed E-state index contributed by atoms with van der Waals surface area (Å²) >= 11 is 0. The first-order valence-electron chi connectivity index (χ1n) is 6.05. The van der Waals surface area contributed by atoms with Gasteiger partial charge in [-0.25, -0.2) is 4.39 Å². The molecule has 0 aliphatic carbocycles. The minimum absolute atomic E-state index is 0.0722. The topological polar surface area (TPSA) is 52.6 Å². The van der Waals surface area contributed by atoms with E-state index in [0.29, 0.717) is 13.1 Å². The first kappa shape index (κ1) is 14.6. The Balaban J connectivity index is 2.40. The van der Waals surface area contributed by atoms with Crippen LogP contribution in [0, 0.1) is 5.82 Å². The van der Waals surface area contributed by atoms with E-state index in [4.69, 9.17) is 5.11 Å². The van der Waals surface area contributed by atoms with Gasteiger partial charge in [0.2, 0.25) is 5.91 Å². The molecule has 1 rings (SSSR count). The summed E-state index contributed by atoms with van der Waals surface area (Å²) < 4.78 is 13.3. The maximum atomic E-state index is 13.3. The first-order chi connectivity index (χ1) is 8.67. The van der Waals surface area contributed by atoms with Crippen LogP contribution >= 0.6 is 0 Å². The van der Waals surface area contributed by atoms with E-state index < -0.39 is 5.82 Å². The monoisotopic (exact) mass is 254 g/mol. The summed E-state index contributed by atoms with van der Waals surface area (Å²) in [7, 11) is 0. The zero-order valence-corrected chi connectivity index (χ0v) is 10.5. The number of para-hydroxylation sites is 1. The molecule has 0 aromatic heterocycles. The molecule has 5 heteroatoms. The fourth-order valence-electron chi connectivity index (χ4n) is 1.60. The number of amides is 1. The summed E-state index contributed by atoms with van der Waals surface area (Å²) in [6.07, 6.45) is 0.280. The number of hydrogen-bond donors (Lipinski definition) is 2. The van der Waals surface area contributed by atoms with Crippen molar-refractivity contribution >= 4 is 11.6 Å². The van der Waals surface area contributed by atoms with Crippen LogP contribution in [0.3, 0.4) is 0 Å². The van der Waals surface area contributed by atoms with Gasteiger partial charge in [-0.3, -0.25) is 4.79 Å². The minimum atomic E-state index is -0.437. The second-order valence-corrected chi connectivity index (χ2v) is 3.94. The number of likely N-dealkylation sites (N-methyl/N-ethyl adjacent to an activating group) is 1. The van der Waals surface area contributed by atoms with E-state index in [2.05, 4.69) is 5.32 Å². The molecule has 0 aliphatic heterocycles. The fourth-order valence-corrected chi connectivity index (χ4v) is 1.60. The zero-order valence-electron chi connectivity index (χ0n) is 10.5. The molecule has 0 unspecified atom stereocenters. The van der Waals surface area contributed by atoms with Crippen molar-refractivity contribution in [1.82, 2.24) is 4.90 Å². The third-order valence-corrected chi connectivity index (χ3v) is 2.67. The van der Waals surface area contributed by atoms with Crippen LogP contribution in [0.5, 0.6) is 0 Å². The van der Waals surface area contributed by atoms with Crippen molar-refractivity contribution in [3.63, 3.8) is 0 Å². The minimum Gasteiger partial charge on any atom is -0.395 e. The maximum absolute atomic E-state index is 13.3. The number of benzene rings is 1. The number of halogens is 1. The predicted molar refractivity (Wildman–Crippen MR) is 68.8 cm³/mol. The summed E-state index contributed by atoms with van der Waals surface area (Å²) in [4.78, 5) is 13.6. The Kier molecular flexibility index (Phi) is 6.32. The van der Waals surface area contributed by atoms with Gasteiger partial charge in [0, 0.05) is 19.5 Å². The van der Waals surface area contributed by atoms with Gasteiger partial charge in [-0.2, -0.15) is 0 Å². The second kappa shape index (κ2) is 7.79. The van der Waals surface area contributed by atoms with E-state index in [1.165, 1.54) is 12.1 Å². The average Bonchev–Trinajstić information content (AvgIpc) is 2.37. The van der Waals surface area contributed by atoms with Gasteiger partial charge in [0.1, 0.15) is 5.82 Å². The number of hydrogen-bond acceptors (Lipinski definition) is 3. The summed E-state index contributed by atoms with van der Waals surface area (Å²) in [5, 5.41) is 11.3. The van der Waals surface area contributed by atoms with Crippen LogP contribution in [0.15, 0.2) is 24.3 Å². The standard InChI is InChI=1S/C13H19FN2O2/c1-2-16(9-10-17)8-7-13(18)15-12-6-4-3-5-11(12)14/h3-6,17H,2,7-10H2,1H3,(H,15,18). The fraction of sp³-hybridized carbons (Fsp3) is 0.462. The van der Waals surface area contributed by atoms with Crippen molar-refractivity contribution in [1.29, 1.82) is 0 Å². The number of aliphatic hydroxyl groups is 1. The van der Waals surface area contributed by atoms with Crippen LogP contribution in [0.4, 0.5) is 10.1 Å². The molecule has 0 saturated heterocycles. The van der Waals surface area contributed by atoms with E-state index in [9.17, 15) is 9.18 Å². The van der Waals surface area contributed by atoms with Gasteiger partial charge < -0.3 is 15.3 Å². The van der Waals surface area contributed by atoms with Gasteiger partial charge in [-0.15, -0.1) is 0 Å². The molecule has 1 amide bonds. The summed E-state index contributed by atoms with van der Waals surface area (Å²) in [5.41, 5.74) is 0.202. The lowest BCUT2D eigenvalue weighted by Crippen LogP contribution is -2.30. The second-order valence-electron chi connectivity index (χ2n) is 3.94. The lowest BCUT2D eigenvalue weighted by Gasteiger charge is -2.18. The normalized spacial score (nSPS) is 10.7. The van der Waals surface area contributed by atoms with Gasteiger partial charge in [0.25, 0.3) is 0 Å². The van der Waals surface area contributed by atoms with Crippen LogP contribution in [0.2, 0.25) is 0 Å². The molecule has 100 valence electrons. The molecule has 0 saturated carbocycles. The molecule has 0 heterocycles. The Labute approximate surface area is 106 Å². The summed E-state index contributed by atoms with van der Waals surface area (Å²) in [6, 6.07) is 6.08. The molecule has 0 bridgehead atoms. The Morgan fingerprint density at radius 3 is 2.72 bits per heavy atom. The van der Waals surface area contributed by atoms with Crippen molar-refractivity contribution in [3.8, 4) is 0 Å². The molecule has 0 fully saturated rings. The molecule has 0 atom stereocenters. The third kappa shape index (κ3) is 4.81. The Bertz CT molecular complexity index is 385. The van der Waals surface area contributed by atoms with E-state index in [1.807, 2.05) is 11.8 Å². The highest BCUT2D eigenvalue weighted by atomic mass is 19.1. The van der Waals surface area contributed by atoms with Gasteiger partial charge in [0.15, 0.2) is 0 Å². The van der Waals surface area contributed by atoms with Crippen LogP contribution < -0.4 is 5.32 Å². The van der Waals surface area contributed by atoms with Crippen molar-refractivity contribution in [2.45, 2.75) is 13.3 Å². The van der Waals surface area contributed by atoms with Gasteiger partial charge >= 0.3 is 0 Å². The van der Waals surface area contributed by atoms with Gasteiger partial charge in [-0.1, -0.05) is 19.1 Å². The first-order valence-corrected chi connectivity index (χ1v) is 6.05. The number of carbonyl (C=O) groups is 1. The van der Waals surface area contributed by atoms with E-state index in [0.717, 1.165) is 6.54 Å². The number of nitrogens with zero attached hydrogens (tertiary/aromatic N) is 1. The number of aliphatic hydroxyl groups excluding tert-OH is 1. The lowest BCUT2D eigenvalue weighted by atomic mass is 10.3. The van der Waals surface area contributed by atoms with Crippen molar-refractivity contribution in [2.24, 2.45) is 0 Å². The Morgan fingerprint density at radius 1 is 1.39 bits per heavy atom. The quantitative estimate of drug-likeness (QED) is 0.774. The van der Waals surface area contributed by atoms with E-state index in [-0.39, 0.29) is 24.6 Å². The van der Waals surface area contributed by atoms with Crippen LogP contribution in [-0.2, 0) is 4.79 Å². The van der Waals surface area contributed by atoms with Crippen molar-refractivity contribution < 1.29 is 14.3 Å². The van der Waals surface area contributed by atoms with Crippen LogP contribution in [0.1, 0.15) is 13.3 Å². The molecule has 1 aromatic carbocycles. The molecule has 4 nitrogen and oxygen atoms in total. The molecule has 1 aromatic rings. The average molecular weight is 254 g/mol. The van der Waals surface area contributed by atoms with Gasteiger partial charge in [-0.05, 0) is 18.7 Å². The zero-order chi connectivity index (χ0) is 13.4. The molecular formula is C13H19FN2O2. The molecule has 0 spiro atoms. The molecule has 0 aliphatic rings. The predicted octanol–water partition coefficient (Wildman–Crippen LogP) is 1.47. The third-order valence-electron chi connectivity index (χ3n) is 2.67. The SMILES string of the molecule is CCN(CCO)CCC(=O)Nc1ccccc1F. The number of carbonyl (C=O) groups excluding carboxylic acids is 1. The smallest absolute Gasteiger partial charge is 0.225 e. The van der Waals surface area contributed by atoms with Crippen LogP contribution in [-0.4, -0.2) is 42.2 Å². The Hall–Kier alpha value is -1.46. The highest BCUT2D eigenvalue weighted by Crippen LogP contribution is 2.12. The molecule has 2 N–H and O–H groups in total. The summed E-state index contributed by atoms with van der Waals surface area (Å²) in [6.45, 7) is 3.90. The van der Waals surface area contributed by atoms with Crippen molar-refractivity contribution in [2.75, 3.05) is 31.6 Å². The largest absolute Gasteiger partial charge is 0.395 e. The molecular weight excluding hydrogens is 235 g/mol. The highest BCUT2D eigenvalue weighted by Gasteiger charge is 2.08. The van der Waals surface area contributed by atoms with E-state index in [1.54, 1.807) is 12.1 Å². The van der Waals surface area contributed by atoms with Gasteiger partial charge in [0.05, 0.1) is 12.3 Å². The number of rotatable bonds is 7. The maximum Gasteiger partial charge on any atom is 0.225 e. The highest BCUT2D eigenvalue weighted by molar-refractivity contribution is 5.90. The molecule has 0 radical (unpaired) electrons. The molecule has 18 heavy (non-hydrogen) atoms. The Morgan fingerprint density at radius 2 is 2.11 bits per heavy atom.